The average Bonchev–Trinajstić information content (AvgIpc) is 2.45. The Morgan fingerprint density at radius 1 is 1.20 bits per heavy atom. The van der Waals surface area contributed by atoms with E-state index in [1.54, 1.807) is 24.5 Å². The first-order valence-corrected chi connectivity index (χ1v) is 5.72. The highest BCUT2D eigenvalue weighted by atomic mass is 16.6. The van der Waals surface area contributed by atoms with Crippen LogP contribution in [0.25, 0.3) is 0 Å². The Labute approximate surface area is 114 Å². The van der Waals surface area contributed by atoms with E-state index in [2.05, 4.69) is 4.98 Å². The SMILES string of the molecule is O=C(O)N(Cc1ccncc1)c1ccc([N+](=O)[O-])cc1. The molecule has 0 saturated heterocycles. The molecule has 7 nitrogen and oxygen atoms in total. The Balaban J connectivity index is 2.25. The molecule has 0 aliphatic rings. The van der Waals surface area contributed by atoms with Crippen molar-refractivity contribution in [2.75, 3.05) is 4.90 Å². The van der Waals surface area contributed by atoms with Crippen LogP contribution in [0.1, 0.15) is 5.56 Å². The van der Waals surface area contributed by atoms with Gasteiger partial charge in [-0.15, -0.1) is 0 Å². The van der Waals surface area contributed by atoms with Crippen LogP contribution in [0.2, 0.25) is 0 Å². The number of benzene rings is 1. The van der Waals surface area contributed by atoms with Crippen LogP contribution in [0.5, 0.6) is 0 Å². The molecule has 2 aromatic rings. The molecule has 2 rings (SSSR count). The summed E-state index contributed by atoms with van der Waals surface area (Å²) in [7, 11) is 0. The van der Waals surface area contributed by atoms with Crippen molar-refractivity contribution in [3.05, 3.63) is 64.5 Å². The molecule has 0 saturated carbocycles. The molecule has 0 bridgehead atoms. The zero-order chi connectivity index (χ0) is 14.5. The maximum absolute atomic E-state index is 11.3. The Bertz CT molecular complexity index is 613. The van der Waals surface area contributed by atoms with E-state index in [4.69, 9.17) is 0 Å². The van der Waals surface area contributed by atoms with Crippen molar-refractivity contribution in [3.8, 4) is 0 Å². The van der Waals surface area contributed by atoms with Gasteiger partial charge in [0.15, 0.2) is 0 Å². The highest BCUT2D eigenvalue weighted by molar-refractivity contribution is 5.86. The first-order valence-electron chi connectivity index (χ1n) is 5.72. The molecule has 0 fully saturated rings. The summed E-state index contributed by atoms with van der Waals surface area (Å²) in [4.78, 5) is 26.3. The fraction of sp³-hybridized carbons (Fsp3) is 0.0769. The predicted octanol–water partition coefficient (Wildman–Crippen LogP) is 2.67. The summed E-state index contributed by atoms with van der Waals surface area (Å²) < 4.78 is 0. The van der Waals surface area contributed by atoms with E-state index in [1.165, 1.54) is 24.3 Å². The standard InChI is InChI=1S/C13H11N3O4/c17-13(18)15(9-10-5-7-14-8-6-10)11-1-3-12(4-2-11)16(19)20/h1-8H,9H2,(H,17,18). The number of carbonyl (C=O) groups is 1. The number of aromatic nitrogens is 1. The van der Waals surface area contributed by atoms with Crippen molar-refractivity contribution < 1.29 is 14.8 Å². The maximum atomic E-state index is 11.3. The van der Waals surface area contributed by atoms with Crippen molar-refractivity contribution >= 4 is 17.5 Å². The molecule has 7 heteroatoms. The van der Waals surface area contributed by atoms with Gasteiger partial charge in [0.2, 0.25) is 0 Å². The summed E-state index contributed by atoms with van der Waals surface area (Å²) >= 11 is 0. The normalized spacial score (nSPS) is 10.0. The Morgan fingerprint density at radius 2 is 1.80 bits per heavy atom. The number of hydrogen-bond acceptors (Lipinski definition) is 4. The number of anilines is 1. The third-order valence-corrected chi connectivity index (χ3v) is 2.69. The lowest BCUT2D eigenvalue weighted by Gasteiger charge is -2.19. The van der Waals surface area contributed by atoms with Crippen LogP contribution < -0.4 is 4.90 Å². The monoisotopic (exact) mass is 273 g/mol. The Hall–Kier alpha value is -2.96. The van der Waals surface area contributed by atoms with Gasteiger partial charge >= 0.3 is 6.09 Å². The second-order valence-electron chi connectivity index (χ2n) is 4.00. The minimum atomic E-state index is -1.13. The van der Waals surface area contributed by atoms with Gasteiger partial charge in [0.1, 0.15) is 0 Å². The van der Waals surface area contributed by atoms with E-state index in [1.807, 2.05) is 0 Å². The first kappa shape index (κ1) is 13.5. The molecule has 1 heterocycles. The fourth-order valence-corrected chi connectivity index (χ4v) is 1.69. The fourth-order valence-electron chi connectivity index (χ4n) is 1.69. The van der Waals surface area contributed by atoms with Crippen LogP contribution >= 0.6 is 0 Å². The van der Waals surface area contributed by atoms with E-state index < -0.39 is 11.0 Å². The maximum Gasteiger partial charge on any atom is 0.412 e. The summed E-state index contributed by atoms with van der Waals surface area (Å²) in [6.07, 6.45) is 2.02. The molecular weight excluding hydrogens is 262 g/mol. The van der Waals surface area contributed by atoms with Gasteiger partial charge in [-0.25, -0.2) is 4.79 Å². The van der Waals surface area contributed by atoms with Gasteiger partial charge in [-0.1, -0.05) is 0 Å². The van der Waals surface area contributed by atoms with Gasteiger partial charge in [0, 0.05) is 30.2 Å². The van der Waals surface area contributed by atoms with Crippen LogP contribution in [0.4, 0.5) is 16.2 Å². The molecule has 0 atom stereocenters. The summed E-state index contributed by atoms with van der Waals surface area (Å²) in [6, 6.07) is 8.79. The van der Waals surface area contributed by atoms with Crippen LogP contribution in [0, 0.1) is 10.1 Å². The lowest BCUT2D eigenvalue weighted by molar-refractivity contribution is -0.384. The van der Waals surface area contributed by atoms with Gasteiger partial charge in [0.25, 0.3) is 5.69 Å². The van der Waals surface area contributed by atoms with Crippen molar-refractivity contribution in [3.63, 3.8) is 0 Å². The van der Waals surface area contributed by atoms with Crippen LogP contribution in [0.3, 0.4) is 0 Å². The number of nitro groups is 1. The highest BCUT2D eigenvalue weighted by Gasteiger charge is 2.16. The molecule has 0 aliphatic heterocycles. The van der Waals surface area contributed by atoms with E-state index >= 15 is 0 Å². The van der Waals surface area contributed by atoms with E-state index in [-0.39, 0.29) is 12.2 Å². The van der Waals surface area contributed by atoms with Gasteiger partial charge in [-0.05, 0) is 29.8 Å². The highest BCUT2D eigenvalue weighted by Crippen LogP contribution is 2.21. The third kappa shape index (κ3) is 3.08. The molecule has 20 heavy (non-hydrogen) atoms. The van der Waals surface area contributed by atoms with Crippen molar-refractivity contribution in [1.29, 1.82) is 0 Å². The van der Waals surface area contributed by atoms with E-state index in [0.717, 1.165) is 10.5 Å². The summed E-state index contributed by atoms with van der Waals surface area (Å²) in [5, 5.41) is 19.8. The Morgan fingerprint density at radius 3 is 2.30 bits per heavy atom. The molecule has 1 N–H and O–H groups in total. The topological polar surface area (TPSA) is 96.6 Å². The molecular formula is C13H11N3O4. The number of hydrogen-bond donors (Lipinski definition) is 1. The first-order chi connectivity index (χ1) is 9.58. The van der Waals surface area contributed by atoms with Crippen molar-refractivity contribution in [2.24, 2.45) is 0 Å². The molecule has 0 aliphatic carbocycles. The molecule has 0 radical (unpaired) electrons. The number of amides is 1. The third-order valence-electron chi connectivity index (χ3n) is 2.69. The molecule has 1 amide bonds. The van der Waals surface area contributed by atoms with Crippen molar-refractivity contribution in [1.82, 2.24) is 4.98 Å². The molecule has 1 aromatic heterocycles. The van der Waals surface area contributed by atoms with E-state index in [9.17, 15) is 20.0 Å². The van der Waals surface area contributed by atoms with Gasteiger partial charge in [0.05, 0.1) is 11.5 Å². The summed E-state index contributed by atoms with van der Waals surface area (Å²) in [5.41, 5.74) is 1.07. The molecule has 1 aromatic carbocycles. The number of rotatable bonds is 4. The molecule has 0 spiro atoms. The van der Waals surface area contributed by atoms with Crippen LogP contribution in [0.15, 0.2) is 48.8 Å². The van der Waals surface area contributed by atoms with Crippen LogP contribution in [-0.2, 0) is 6.54 Å². The molecule has 0 unspecified atom stereocenters. The minimum absolute atomic E-state index is 0.0806. The number of non-ortho nitro benzene ring substituents is 1. The van der Waals surface area contributed by atoms with Gasteiger partial charge in [-0.3, -0.25) is 20.0 Å². The number of nitrogens with zero attached hydrogens (tertiary/aromatic N) is 3. The lowest BCUT2D eigenvalue weighted by Crippen LogP contribution is -2.28. The quantitative estimate of drug-likeness (QED) is 0.682. The molecule has 102 valence electrons. The van der Waals surface area contributed by atoms with Gasteiger partial charge < -0.3 is 5.11 Å². The van der Waals surface area contributed by atoms with E-state index in [0.29, 0.717) is 5.69 Å². The number of nitro benzene ring substituents is 1. The number of pyridine rings is 1. The zero-order valence-corrected chi connectivity index (χ0v) is 10.3. The Kier molecular flexibility index (Phi) is 3.90. The number of carboxylic acid groups (broad SMARTS) is 1. The zero-order valence-electron chi connectivity index (χ0n) is 10.3. The second kappa shape index (κ2) is 5.79. The lowest BCUT2D eigenvalue weighted by atomic mass is 10.2. The smallest absolute Gasteiger partial charge is 0.412 e. The minimum Gasteiger partial charge on any atom is -0.465 e. The second-order valence-corrected chi connectivity index (χ2v) is 4.00. The predicted molar refractivity (Wildman–Crippen MR) is 71.5 cm³/mol. The largest absolute Gasteiger partial charge is 0.465 e. The summed E-state index contributed by atoms with van der Waals surface area (Å²) in [6.45, 7) is 0.148. The van der Waals surface area contributed by atoms with Crippen LogP contribution in [-0.4, -0.2) is 21.1 Å². The summed E-state index contributed by atoms with van der Waals surface area (Å²) in [5.74, 6) is 0. The van der Waals surface area contributed by atoms with Crippen molar-refractivity contribution in [2.45, 2.75) is 6.54 Å². The van der Waals surface area contributed by atoms with Gasteiger partial charge in [-0.2, -0.15) is 0 Å². The average molecular weight is 273 g/mol.